The highest BCUT2D eigenvalue weighted by Gasteiger charge is 2.72. The van der Waals surface area contributed by atoms with Crippen molar-refractivity contribution in [3.05, 3.63) is 23.3 Å². The molecule has 7 nitrogen and oxygen atoms in total. The number of ether oxygens (including phenoxy) is 3. The molecule has 5 aliphatic rings. The van der Waals surface area contributed by atoms with Gasteiger partial charge in [-0.1, -0.05) is 65.7 Å². The van der Waals surface area contributed by atoms with Gasteiger partial charge in [-0.3, -0.25) is 9.59 Å². The van der Waals surface area contributed by atoms with Crippen molar-refractivity contribution < 1.29 is 33.7 Å². The Balaban J connectivity index is 1.60. The molecule has 4 fully saturated rings. The van der Waals surface area contributed by atoms with Gasteiger partial charge in [0.2, 0.25) is 0 Å². The van der Waals surface area contributed by atoms with E-state index in [-0.39, 0.29) is 51.7 Å². The highest BCUT2D eigenvalue weighted by molar-refractivity contribution is 5.82. The van der Waals surface area contributed by atoms with E-state index in [1.54, 1.807) is 0 Å². The third kappa shape index (κ3) is 5.29. The first kappa shape index (κ1) is 35.2. The summed E-state index contributed by atoms with van der Waals surface area (Å²) in [5, 5.41) is 12.5. The molecule has 0 aromatic heterocycles. The van der Waals surface area contributed by atoms with Crippen LogP contribution in [0.4, 0.5) is 0 Å². The normalized spacial score (nSPS) is 43.7. The summed E-state index contributed by atoms with van der Waals surface area (Å²) in [6.07, 6.45) is 9.34. The highest BCUT2D eigenvalue weighted by Crippen LogP contribution is 2.76. The van der Waals surface area contributed by atoms with E-state index in [9.17, 15) is 19.5 Å². The quantitative estimate of drug-likeness (QED) is 0.142. The third-order valence-electron chi connectivity index (χ3n) is 14.3. The SMILES string of the molecule is CC(=O)OCC12C(O)CC3(C)C(=CCC4C5(C)CCC(OC(C)=O)C(C)(C)C5CCC43C)C1CC(C)(C)CC2OC(=O)C=C(C)C. The molecule has 5 rings (SSSR count). The van der Waals surface area contributed by atoms with Gasteiger partial charge in [0.05, 0.1) is 11.5 Å². The van der Waals surface area contributed by atoms with Crippen LogP contribution in [0, 0.1) is 50.2 Å². The zero-order chi connectivity index (χ0) is 34.3. The summed E-state index contributed by atoms with van der Waals surface area (Å²) >= 11 is 0. The Bertz CT molecular complexity index is 1320. The maximum atomic E-state index is 13.2. The van der Waals surface area contributed by atoms with Crippen molar-refractivity contribution in [1.29, 1.82) is 0 Å². The van der Waals surface area contributed by atoms with E-state index in [4.69, 9.17) is 14.2 Å². The Hall–Kier alpha value is -2.15. The Morgan fingerprint density at radius 3 is 2.13 bits per heavy atom. The lowest BCUT2D eigenvalue weighted by Crippen LogP contribution is -2.69. The van der Waals surface area contributed by atoms with Gasteiger partial charge in [0.15, 0.2) is 0 Å². The van der Waals surface area contributed by atoms with Crippen LogP contribution >= 0.6 is 0 Å². The number of aliphatic hydroxyl groups excluding tert-OH is 1. The number of hydrogen-bond acceptors (Lipinski definition) is 7. The minimum Gasteiger partial charge on any atom is -0.465 e. The van der Waals surface area contributed by atoms with Crippen molar-refractivity contribution in [2.75, 3.05) is 6.61 Å². The summed E-state index contributed by atoms with van der Waals surface area (Å²) in [7, 11) is 0. The second kappa shape index (κ2) is 11.5. The Morgan fingerprint density at radius 1 is 0.848 bits per heavy atom. The number of carbonyl (C=O) groups is 3. The summed E-state index contributed by atoms with van der Waals surface area (Å²) in [5.74, 6) is -0.287. The zero-order valence-electron chi connectivity index (χ0n) is 30.4. The van der Waals surface area contributed by atoms with Crippen LogP contribution < -0.4 is 0 Å². The van der Waals surface area contributed by atoms with Gasteiger partial charge in [0.1, 0.15) is 18.8 Å². The molecule has 0 amide bonds. The zero-order valence-corrected chi connectivity index (χ0v) is 30.4. The van der Waals surface area contributed by atoms with Gasteiger partial charge < -0.3 is 19.3 Å². The molecule has 0 aliphatic heterocycles. The predicted molar refractivity (Wildman–Crippen MR) is 177 cm³/mol. The van der Waals surface area contributed by atoms with Crippen LogP contribution in [0.2, 0.25) is 0 Å². The Kier molecular flexibility index (Phi) is 8.78. The van der Waals surface area contributed by atoms with E-state index in [1.165, 1.54) is 25.5 Å². The number of fused-ring (bicyclic) bond motifs is 7. The molecule has 0 radical (unpaired) electrons. The van der Waals surface area contributed by atoms with Crippen molar-refractivity contribution in [2.45, 2.75) is 146 Å². The molecule has 46 heavy (non-hydrogen) atoms. The predicted octanol–water partition coefficient (Wildman–Crippen LogP) is 7.74. The lowest BCUT2D eigenvalue weighted by molar-refractivity contribution is -0.242. The van der Waals surface area contributed by atoms with Gasteiger partial charge in [-0.25, -0.2) is 4.79 Å². The Morgan fingerprint density at radius 2 is 1.52 bits per heavy atom. The number of rotatable bonds is 5. The maximum absolute atomic E-state index is 13.2. The first-order chi connectivity index (χ1) is 21.1. The van der Waals surface area contributed by atoms with Gasteiger partial charge in [0, 0.05) is 25.3 Å². The average Bonchev–Trinajstić information content (AvgIpc) is 2.89. The molecule has 4 saturated carbocycles. The highest BCUT2D eigenvalue weighted by atomic mass is 16.6. The molecule has 10 atom stereocenters. The summed E-state index contributed by atoms with van der Waals surface area (Å²) in [6, 6.07) is 0. The fourth-order valence-corrected chi connectivity index (χ4v) is 12.0. The molecule has 0 spiro atoms. The molecule has 0 heterocycles. The summed E-state index contributed by atoms with van der Waals surface area (Å²) in [6.45, 7) is 23.1. The average molecular weight is 641 g/mol. The number of aliphatic hydroxyl groups is 1. The molecule has 0 aromatic carbocycles. The molecule has 5 aliphatic carbocycles. The summed E-state index contributed by atoms with van der Waals surface area (Å²) in [4.78, 5) is 37.5. The topological polar surface area (TPSA) is 99.1 Å². The standard InChI is InChI=1S/C39H60O7/c1-23(2)18-33(43)46-32-21-34(5,6)19-27-26-12-13-29-36(9)16-15-31(45-25(4)41)35(7,8)28(36)14-17-37(29,10)38(26,11)20-30(42)39(27,32)22-44-24(3)40/h12,18,27-32,42H,13-17,19-22H2,1-11H3. The molecule has 1 N–H and O–H groups in total. The molecular weight excluding hydrogens is 580 g/mol. The van der Waals surface area contributed by atoms with E-state index in [2.05, 4.69) is 54.5 Å². The second-order valence-corrected chi connectivity index (χ2v) is 18.1. The largest absolute Gasteiger partial charge is 0.465 e. The van der Waals surface area contributed by atoms with E-state index in [0.29, 0.717) is 24.7 Å². The Labute approximate surface area is 277 Å². The molecule has 258 valence electrons. The lowest BCUT2D eigenvalue weighted by atomic mass is 9.33. The smallest absolute Gasteiger partial charge is 0.330 e. The van der Waals surface area contributed by atoms with Crippen LogP contribution in [0.5, 0.6) is 0 Å². The third-order valence-corrected chi connectivity index (χ3v) is 14.3. The molecule has 0 bridgehead atoms. The van der Waals surface area contributed by atoms with Gasteiger partial charge in [-0.15, -0.1) is 0 Å². The van der Waals surface area contributed by atoms with Crippen molar-refractivity contribution in [1.82, 2.24) is 0 Å². The minimum absolute atomic E-state index is 0.0239. The minimum atomic E-state index is -0.925. The van der Waals surface area contributed by atoms with E-state index in [0.717, 1.165) is 44.1 Å². The first-order valence-corrected chi connectivity index (χ1v) is 17.7. The van der Waals surface area contributed by atoms with E-state index < -0.39 is 29.6 Å². The van der Waals surface area contributed by atoms with Crippen LogP contribution in [-0.4, -0.2) is 47.9 Å². The van der Waals surface area contributed by atoms with Crippen molar-refractivity contribution in [2.24, 2.45) is 50.2 Å². The van der Waals surface area contributed by atoms with Crippen LogP contribution in [0.15, 0.2) is 23.3 Å². The molecular formula is C39H60O7. The van der Waals surface area contributed by atoms with Crippen molar-refractivity contribution in [3.63, 3.8) is 0 Å². The van der Waals surface area contributed by atoms with Gasteiger partial charge in [0.25, 0.3) is 0 Å². The number of carbonyl (C=O) groups excluding carboxylic acids is 3. The van der Waals surface area contributed by atoms with Crippen molar-refractivity contribution >= 4 is 17.9 Å². The fraction of sp³-hybridized carbons (Fsp3) is 0.821. The van der Waals surface area contributed by atoms with Crippen LogP contribution in [0.1, 0.15) is 128 Å². The molecule has 10 unspecified atom stereocenters. The van der Waals surface area contributed by atoms with E-state index >= 15 is 0 Å². The molecule has 0 saturated heterocycles. The lowest BCUT2D eigenvalue weighted by Gasteiger charge is -2.72. The first-order valence-electron chi connectivity index (χ1n) is 17.7. The van der Waals surface area contributed by atoms with Crippen LogP contribution in [-0.2, 0) is 28.6 Å². The summed E-state index contributed by atoms with van der Waals surface area (Å²) < 4.78 is 18.0. The van der Waals surface area contributed by atoms with Gasteiger partial charge in [-0.05, 0) is 105 Å². The molecule has 7 heteroatoms. The van der Waals surface area contributed by atoms with E-state index in [1.807, 2.05) is 13.8 Å². The number of allylic oxidation sites excluding steroid dienone is 3. The van der Waals surface area contributed by atoms with Gasteiger partial charge in [-0.2, -0.15) is 0 Å². The summed E-state index contributed by atoms with van der Waals surface area (Å²) in [5.41, 5.74) is 0.699. The van der Waals surface area contributed by atoms with Gasteiger partial charge >= 0.3 is 17.9 Å². The fourth-order valence-electron chi connectivity index (χ4n) is 12.0. The van der Waals surface area contributed by atoms with Crippen LogP contribution in [0.25, 0.3) is 0 Å². The maximum Gasteiger partial charge on any atom is 0.330 e. The number of esters is 3. The van der Waals surface area contributed by atoms with Crippen molar-refractivity contribution in [3.8, 4) is 0 Å². The van der Waals surface area contributed by atoms with Crippen LogP contribution in [0.3, 0.4) is 0 Å². The number of hydrogen-bond donors (Lipinski definition) is 1. The second-order valence-electron chi connectivity index (χ2n) is 18.1. The monoisotopic (exact) mass is 640 g/mol. The molecule has 0 aromatic rings.